The van der Waals surface area contributed by atoms with Gasteiger partial charge >= 0.3 is 5.97 Å². The molecule has 2 atom stereocenters. The van der Waals surface area contributed by atoms with Crippen molar-refractivity contribution in [2.24, 2.45) is 0 Å². The fourth-order valence-electron chi connectivity index (χ4n) is 2.31. The van der Waals surface area contributed by atoms with Gasteiger partial charge in [0.15, 0.2) is 0 Å². The molecule has 0 bridgehead atoms. The van der Waals surface area contributed by atoms with Crippen molar-refractivity contribution in [3.63, 3.8) is 0 Å². The lowest BCUT2D eigenvalue weighted by Gasteiger charge is -2.25. The lowest BCUT2D eigenvalue weighted by molar-refractivity contribution is -0.138. The van der Waals surface area contributed by atoms with Gasteiger partial charge in [-0.1, -0.05) is 6.42 Å². The fraction of sp³-hybridized carbons (Fsp3) is 0.818. The number of amides is 1. The Hall–Kier alpha value is -0.870. The summed E-state index contributed by atoms with van der Waals surface area (Å²) in [4.78, 5) is 34.2. The van der Waals surface area contributed by atoms with Crippen molar-refractivity contribution in [3.8, 4) is 0 Å². The first-order valence-corrected chi connectivity index (χ1v) is 8.15. The SMILES string of the molecule is O=C1C[C@H](P(=O)(O)CN2CCCCCC2=O)CO1. The highest BCUT2D eigenvalue weighted by Gasteiger charge is 2.40. The molecule has 2 saturated heterocycles. The summed E-state index contributed by atoms with van der Waals surface area (Å²) < 4.78 is 16.9. The monoisotopic (exact) mass is 275 g/mol. The molecule has 1 unspecified atom stereocenters. The molecule has 2 aliphatic heterocycles. The van der Waals surface area contributed by atoms with Crippen molar-refractivity contribution in [2.45, 2.75) is 37.8 Å². The predicted octanol–water partition coefficient (Wildman–Crippen LogP) is 0.932. The van der Waals surface area contributed by atoms with Crippen LogP contribution in [-0.2, 0) is 18.9 Å². The lowest BCUT2D eigenvalue weighted by atomic mass is 10.2. The molecule has 0 aromatic carbocycles. The van der Waals surface area contributed by atoms with Crippen LogP contribution < -0.4 is 0 Å². The number of cyclic esters (lactones) is 1. The fourth-order valence-corrected chi connectivity index (χ4v) is 4.07. The summed E-state index contributed by atoms with van der Waals surface area (Å²) in [6.45, 7) is 0.527. The zero-order chi connectivity index (χ0) is 13.2. The van der Waals surface area contributed by atoms with Crippen LogP contribution in [-0.4, -0.2) is 46.8 Å². The molecule has 0 aromatic rings. The number of carbonyl (C=O) groups excluding carboxylic acids is 2. The maximum Gasteiger partial charge on any atom is 0.306 e. The zero-order valence-electron chi connectivity index (χ0n) is 10.2. The molecule has 102 valence electrons. The minimum atomic E-state index is -3.54. The number of ether oxygens (including phenoxy) is 1. The zero-order valence-corrected chi connectivity index (χ0v) is 11.1. The summed E-state index contributed by atoms with van der Waals surface area (Å²) in [5.41, 5.74) is -0.652. The van der Waals surface area contributed by atoms with Gasteiger partial charge in [0.05, 0.1) is 18.4 Å². The molecule has 2 heterocycles. The average Bonchev–Trinajstić information content (AvgIpc) is 2.65. The van der Waals surface area contributed by atoms with E-state index in [0.717, 1.165) is 19.3 Å². The molecular weight excluding hydrogens is 257 g/mol. The Morgan fingerprint density at radius 2 is 2.11 bits per heavy atom. The van der Waals surface area contributed by atoms with Gasteiger partial charge in [-0.3, -0.25) is 14.2 Å². The predicted molar refractivity (Wildman–Crippen MR) is 64.2 cm³/mol. The Balaban J connectivity index is 2.00. The smallest absolute Gasteiger partial charge is 0.306 e. The van der Waals surface area contributed by atoms with Gasteiger partial charge in [-0.15, -0.1) is 0 Å². The van der Waals surface area contributed by atoms with Crippen LogP contribution in [0.1, 0.15) is 32.1 Å². The van der Waals surface area contributed by atoms with Gasteiger partial charge in [0.25, 0.3) is 0 Å². The summed E-state index contributed by atoms with van der Waals surface area (Å²) in [6, 6.07) is 0. The molecule has 6 nitrogen and oxygen atoms in total. The largest absolute Gasteiger partial charge is 0.465 e. The molecule has 1 amide bonds. The molecule has 0 aliphatic carbocycles. The second-order valence-corrected chi connectivity index (χ2v) is 7.43. The van der Waals surface area contributed by atoms with Crippen molar-refractivity contribution >= 4 is 19.2 Å². The first-order valence-electron chi connectivity index (χ1n) is 6.24. The Morgan fingerprint density at radius 3 is 2.78 bits per heavy atom. The van der Waals surface area contributed by atoms with E-state index >= 15 is 0 Å². The Morgan fingerprint density at radius 1 is 1.33 bits per heavy atom. The molecule has 0 saturated carbocycles. The summed E-state index contributed by atoms with van der Waals surface area (Å²) in [7, 11) is -3.54. The van der Waals surface area contributed by atoms with E-state index in [4.69, 9.17) is 4.74 Å². The van der Waals surface area contributed by atoms with Crippen LogP contribution in [0.2, 0.25) is 0 Å². The van der Waals surface area contributed by atoms with Crippen molar-refractivity contribution in [3.05, 3.63) is 0 Å². The van der Waals surface area contributed by atoms with Crippen LogP contribution in [0.25, 0.3) is 0 Å². The van der Waals surface area contributed by atoms with Crippen LogP contribution in [0.5, 0.6) is 0 Å². The third-order valence-electron chi connectivity index (χ3n) is 3.45. The van der Waals surface area contributed by atoms with E-state index in [9.17, 15) is 19.0 Å². The van der Waals surface area contributed by atoms with Gasteiger partial charge < -0.3 is 14.5 Å². The molecular formula is C11H18NO5P. The molecule has 7 heteroatoms. The van der Waals surface area contributed by atoms with Crippen LogP contribution in [0.15, 0.2) is 0 Å². The molecule has 0 aromatic heterocycles. The van der Waals surface area contributed by atoms with Crippen LogP contribution >= 0.6 is 7.37 Å². The first kappa shape index (κ1) is 13.6. The highest BCUT2D eigenvalue weighted by atomic mass is 31.2. The number of hydrogen-bond acceptors (Lipinski definition) is 4. The quantitative estimate of drug-likeness (QED) is 0.612. The van der Waals surface area contributed by atoms with E-state index in [1.54, 1.807) is 0 Å². The van der Waals surface area contributed by atoms with Gasteiger partial charge in [-0.25, -0.2) is 0 Å². The second kappa shape index (κ2) is 5.41. The Bertz CT molecular complexity index is 397. The average molecular weight is 275 g/mol. The Labute approximate surface area is 106 Å². The van der Waals surface area contributed by atoms with Gasteiger partial charge in [0.1, 0.15) is 6.61 Å². The molecule has 2 fully saturated rings. The number of nitrogens with zero attached hydrogens (tertiary/aromatic N) is 1. The van der Waals surface area contributed by atoms with E-state index in [1.807, 2.05) is 0 Å². The maximum atomic E-state index is 12.2. The topological polar surface area (TPSA) is 83.9 Å². The van der Waals surface area contributed by atoms with Crippen molar-refractivity contribution in [1.82, 2.24) is 4.90 Å². The van der Waals surface area contributed by atoms with E-state index in [2.05, 4.69) is 0 Å². The van der Waals surface area contributed by atoms with E-state index < -0.39 is 19.0 Å². The van der Waals surface area contributed by atoms with Gasteiger partial charge in [0.2, 0.25) is 13.3 Å². The molecule has 1 N–H and O–H groups in total. The van der Waals surface area contributed by atoms with E-state index in [1.165, 1.54) is 4.90 Å². The van der Waals surface area contributed by atoms with Crippen molar-refractivity contribution in [2.75, 3.05) is 19.4 Å². The number of hydrogen-bond donors (Lipinski definition) is 1. The minimum Gasteiger partial charge on any atom is -0.465 e. The highest BCUT2D eigenvalue weighted by Crippen LogP contribution is 2.50. The van der Waals surface area contributed by atoms with Crippen LogP contribution in [0.4, 0.5) is 0 Å². The second-order valence-electron chi connectivity index (χ2n) is 4.91. The summed E-state index contributed by atoms with van der Waals surface area (Å²) >= 11 is 0. The summed E-state index contributed by atoms with van der Waals surface area (Å²) in [5, 5.41) is 0. The molecule has 2 aliphatic rings. The summed E-state index contributed by atoms with van der Waals surface area (Å²) in [6.07, 6.45) is 2.97. The number of carbonyl (C=O) groups is 2. The molecule has 0 radical (unpaired) electrons. The normalized spacial score (nSPS) is 28.7. The third kappa shape index (κ3) is 3.12. The number of rotatable bonds is 3. The lowest BCUT2D eigenvalue weighted by Crippen LogP contribution is -2.33. The first-order chi connectivity index (χ1) is 8.49. The van der Waals surface area contributed by atoms with E-state index in [-0.39, 0.29) is 25.2 Å². The maximum absolute atomic E-state index is 12.2. The Kier molecular flexibility index (Phi) is 4.07. The van der Waals surface area contributed by atoms with Gasteiger partial charge in [-0.05, 0) is 12.8 Å². The van der Waals surface area contributed by atoms with Crippen LogP contribution in [0, 0.1) is 0 Å². The van der Waals surface area contributed by atoms with Gasteiger partial charge in [-0.2, -0.15) is 0 Å². The minimum absolute atomic E-state index is 0.00532. The van der Waals surface area contributed by atoms with Crippen molar-refractivity contribution < 1.29 is 23.8 Å². The van der Waals surface area contributed by atoms with E-state index in [0.29, 0.717) is 13.0 Å². The molecule has 0 spiro atoms. The molecule has 18 heavy (non-hydrogen) atoms. The van der Waals surface area contributed by atoms with Gasteiger partial charge in [0, 0.05) is 13.0 Å². The van der Waals surface area contributed by atoms with Crippen molar-refractivity contribution in [1.29, 1.82) is 0 Å². The number of esters is 1. The van der Waals surface area contributed by atoms with Crippen LogP contribution in [0.3, 0.4) is 0 Å². The molecule has 2 rings (SSSR count). The standard InChI is InChI=1S/C11H18NO5P/c13-10-4-2-1-3-5-12(10)8-18(15,16)9-6-11(14)17-7-9/h9H,1-8H2,(H,15,16)/t9-/m0/s1. The summed E-state index contributed by atoms with van der Waals surface area (Å²) in [5.74, 6) is -0.497. The number of likely N-dealkylation sites (tertiary alicyclic amines) is 1. The highest BCUT2D eigenvalue weighted by molar-refractivity contribution is 7.58. The third-order valence-corrected chi connectivity index (χ3v) is 5.67.